The van der Waals surface area contributed by atoms with Gasteiger partial charge in [-0.2, -0.15) is 0 Å². The number of aromatic nitrogens is 1. The Bertz CT molecular complexity index is 1670. The van der Waals surface area contributed by atoms with Crippen LogP contribution in [0.15, 0.2) is 102 Å². The Balaban J connectivity index is 1.85. The summed E-state index contributed by atoms with van der Waals surface area (Å²) in [6.07, 6.45) is 0. The summed E-state index contributed by atoms with van der Waals surface area (Å²) in [4.78, 5) is 11.1. The average Bonchev–Trinajstić information content (AvgIpc) is 3.21. The fourth-order valence-electron chi connectivity index (χ4n) is 4.84. The number of hydrogen-bond acceptors (Lipinski definition) is 4. The van der Waals surface area contributed by atoms with Crippen molar-refractivity contribution in [2.24, 2.45) is 4.74 Å². The van der Waals surface area contributed by atoms with E-state index in [1.165, 1.54) is 23.0 Å². The molecule has 0 unspecified atom stereocenters. The summed E-state index contributed by atoms with van der Waals surface area (Å²) in [7, 11) is -2.81. The molecule has 4 aromatic carbocycles. The predicted molar refractivity (Wildman–Crippen MR) is 154 cm³/mol. The minimum atomic E-state index is -2.81. The SMILES string of the molecule is CCn1c2ccccc2c2cc([P@](=Nc3cccc([N+](=O)[O-])c3)(Oc3ccccc3)C(C)(C)C)ccc21. The number of nitro groups is 1. The van der Waals surface area contributed by atoms with Gasteiger partial charge in [-0.15, -0.1) is 0 Å². The predicted octanol–water partition coefficient (Wildman–Crippen LogP) is 8.67. The lowest BCUT2D eigenvalue weighted by Gasteiger charge is -2.37. The minimum absolute atomic E-state index is 0.00874. The summed E-state index contributed by atoms with van der Waals surface area (Å²) in [5, 5.41) is 14.4. The lowest BCUT2D eigenvalue weighted by atomic mass is 10.1. The molecule has 188 valence electrons. The van der Waals surface area contributed by atoms with Gasteiger partial charge in [-0.1, -0.05) is 63.2 Å². The van der Waals surface area contributed by atoms with Gasteiger partial charge < -0.3 is 9.09 Å². The molecule has 0 N–H and O–H groups in total. The number of aryl methyl sites for hydroxylation is 1. The van der Waals surface area contributed by atoms with E-state index in [2.05, 4.69) is 74.7 Å². The lowest BCUT2D eigenvalue weighted by molar-refractivity contribution is -0.384. The topological polar surface area (TPSA) is 69.7 Å². The highest BCUT2D eigenvalue weighted by Crippen LogP contribution is 2.62. The van der Waals surface area contributed by atoms with Crippen molar-refractivity contribution in [3.63, 3.8) is 0 Å². The van der Waals surface area contributed by atoms with E-state index in [1.54, 1.807) is 6.07 Å². The molecule has 0 aliphatic carbocycles. The summed E-state index contributed by atoms with van der Waals surface area (Å²) in [6.45, 7) is 9.40. The molecule has 5 rings (SSSR count). The first-order chi connectivity index (χ1) is 17.7. The fraction of sp³-hybridized carbons (Fsp3) is 0.200. The van der Waals surface area contributed by atoms with E-state index in [0.29, 0.717) is 5.69 Å². The van der Waals surface area contributed by atoms with Crippen molar-refractivity contribution < 1.29 is 9.45 Å². The minimum Gasteiger partial charge on any atom is -0.455 e. The molecule has 0 saturated heterocycles. The summed E-state index contributed by atoms with van der Waals surface area (Å²) in [5.74, 6) is 0.719. The Labute approximate surface area is 216 Å². The number of non-ortho nitro benzene ring substituents is 1. The molecule has 0 aliphatic heterocycles. The van der Waals surface area contributed by atoms with Crippen LogP contribution in [0.25, 0.3) is 21.8 Å². The molecule has 0 bridgehead atoms. The zero-order valence-corrected chi connectivity index (χ0v) is 22.4. The van der Waals surface area contributed by atoms with Crippen molar-refractivity contribution in [3.8, 4) is 5.75 Å². The maximum Gasteiger partial charge on any atom is 0.271 e. The van der Waals surface area contributed by atoms with Gasteiger partial charge in [0.15, 0.2) is 7.28 Å². The average molecular weight is 512 g/mol. The van der Waals surface area contributed by atoms with E-state index < -0.39 is 12.4 Å². The Morgan fingerprint density at radius 2 is 1.57 bits per heavy atom. The first-order valence-corrected chi connectivity index (χ1v) is 14.0. The van der Waals surface area contributed by atoms with E-state index in [0.717, 1.165) is 28.5 Å². The fourth-order valence-corrected chi connectivity index (χ4v) is 7.91. The molecule has 7 heteroatoms. The number of nitrogens with zero attached hydrogens (tertiary/aromatic N) is 3. The summed E-state index contributed by atoms with van der Waals surface area (Å²) < 4.78 is 14.5. The Morgan fingerprint density at radius 1 is 0.865 bits per heavy atom. The second-order valence-corrected chi connectivity index (χ2v) is 13.4. The van der Waals surface area contributed by atoms with Crippen molar-refractivity contribution >= 4 is 45.8 Å². The van der Waals surface area contributed by atoms with Gasteiger partial charge >= 0.3 is 0 Å². The van der Waals surface area contributed by atoms with Gasteiger partial charge in [-0.25, -0.2) is 4.74 Å². The van der Waals surface area contributed by atoms with Gasteiger partial charge in [0.05, 0.1) is 10.6 Å². The summed E-state index contributed by atoms with van der Waals surface area (Å²) in [5.41, 5.74) is 2.89. The maximum atomic E-state index is 11.5. The molecule has 5 aromatic rings. The van der Waals surface area contributed by atoms with E-state index in [1.807, 2.05) is 36.4 Å². The van der Waals surface area contributed by atoms with Crippen molar-refractivity contribution in [1.82, 2.24) is 4.57 Å². The van der Waals surface area contributed by atoms with Crippen LogP contribution in [0.3, 0.4) is 0 Å². The molecule has 0 amide bonds. The van der Waals surface area contributed by atoms with E-state index in [9.17, 15) is 10.1 Å². The van der Waals surface area contributed by atoms with Crippen molar-refractivity contribution in [2.45, 2.75) is 39.4 Å². The first kappa shape index (κ1) is 24.8. The molecule has 6 nitrogen and oxygen atoms in total. The molecule has 37 heavy (non-hydrogen) atoms. The molecule has 0 fully saturated rings. The van der Waals surface area contributed by atoms with Gasteiger partial charge in [0.25, 0.3) is 5.69 Å². The van der Waals surface area contributed by atoms with Crippen LogP contribution >= 0.6 is 7.28 Å². The van der Waals surface area contributed by atoms with Crippen molar-refractivity contribution in [1.29, 1.82) is 0 Å². The molecular formula is C30H30N3O3P. The smallest absolute Gasteiger partial charge is 0.271 e. The number of para-hydroxylation sites is 2. The highest BCUT2D eigenvalue weighted by Gasteiger charge is 2.39. The molecule has 1 heterocycles. The number of rotatable bonds is 6. The van der Waals surface area contributed by atoms with Crippen LogP contribution < -0.4 is 9.83 Å². The Kier molecular flexibility index (Phi) is 6.38. The van der Waals surface area contributed by atoms with Crippen LogP contribution in [0.1, 0.15) is 27.7 Å². The maximum absolute atomic E-state index is 11.5. The molecule has 1 aromatic heterocycles. The van der Waals surface area contributed by atoms with Crippen LogP contribution in [0.4, 0.5) is 11.4 Å². The van der Waals surface area contributed by atoms with E-state index in [-0.39, 0.29) is 10.6 Å². The largest absolute Gasteiger partial charge is 0.455 e. The first-order valence-electron chi connectivity index (χ1n) is 12.4. The third-order valence-electron chi connectivity index (χ3n) is 6.61. The van der Waals surface area contributed by atoms with Gasteiger partial charge in [-0.3, -0.25) is 10.1 Å². The molecule has 0 spiro atoms. The van der Waals surface area contributed by atoms with E-state index in [4.69, 9.17) is 9.27 Å². The second kappa shape index (κ2) is 9.53. The molecule has 0 saturated carbocycles. The van der Waals surface area contributed by atoms with Crippen molar-refractivity contribution in [3.05, 3.63) is 107 Å². The Hall–Kier alpha value is -3.89. The standard InChI is InChI=1S/C30H30N3O3P/c1-5-32-28-17-10-9-16-26(28)27-21-25(18-19-29(27)32)37(30(2,3)4,36-24-14-7-6-8-15-24)31-22-12-11-13-23(20-22)33(34)35/h6-21H,5H2,1-4H3/t37-/m0/s1. The molecular weight excluding hydrogens is 481 g/mol. The third kappa shape index (κ3) is 4.42. The highest BCUT2D eigenvalue weighted by atomic mass is 31.2. The van der Waals surface area contributed by atoms with Gasteiger partial charge in [0.1, 0.15) is 5.75 Å². The van der Waals surface area contributed by atoms with Gasteiger partial charge in [0, 0.05) is 50.9 Å². The van der Waals surface area contributed by atoms with Crippen LogP contribution in [-0.2, 0) is 6.54 Å². The number of fused-ring (bicyclic) bond motifs is 3. The highest BCUT2D eigenvalue weighted by molar-refractivity contribution is 7.71. The second-order valence-electron chi connectivity index (χ2n) is 9.99. The number of benzene rings is 4. The Morgan fingerprint density at radius 3 is 2.27 bits per heavy atom. The summed E-state index contributed by atoms with van der Waals surface area (Å²) >= 11 is 0. The van der Waals surface area contributed by atoms with Crippen LogP contribution in [0.2, 0.25) is 0 Å². The number of nitro benzene ring substituents is 1. The molecule has 1 atom stereocenters. The zero-order chi connectivity index (χ0) is 26.2. The zero-order valence-electron chi connectivity index (χ0n) is 21.5. The molecule has 0 radical (unpaired) electrons. The number of hydrogen-bond donors (Lipinski definition) is 0. The van der Waals surface area contributed by atoms with Crippen molar-refractivity contribution in [2.75, 3.05) is 0 Å². The van der Waals surface area contributed by atoms with Gasteiger partial charge in [0.2, 0.25) is 0 Å². The normalized spacial score (nSPS) is 13.4. The van der Waals surface area contributed by atoms with Crippen LogP contribution in [0.5, 0.6) is 5.75 Å². The van der Waals surface area contributed by atoms with Crippen LogP contribution in [0, 0.1) is 10.1 Å². The lowest BCUT2D eigenvalue weighted by Crippen LogP contribution is -2.27. The third-order valence-corrected chi connectivity index (χ3v) is 10.4. The quantitative estimate of drug-likeness (QED) is 0.130. The van der Waals surface area contributed by atoms with E-state index >= 15 is 0 Å². The van der Waals surface area contributed by atoms with Crippen LogP contribution in [-0.4, -0.2) is 14.6 Å². The molecule has 0 aliphatic rings. The summed E-state index contributed by atoms with van der Waals surface area (Å²) in [6, 6.07) is 31.1. The van der Waals surface area contributed by atoms with Gasteiger partial charge in [-0.05, 0) is 49.4 Å². The monoisotopic (exact) mass is 511 g/mol.